The van der Waals surface area contributed by atoms with Gasteiger partial charge in [0.2, 0.25) is 0 Å². The van der Waals surface area contributed by atoms with Gasteiger partial charge in [-0.15, -0.1) is 0 Å². The third-order valence-corrected chi connectivity index (χ3v) is 4.11. The molecule has 3 nitrogen and oxygen atoms in total. The highest BCUT2D eigenvalue weighted by atomic mass is 16.3. The average Bonchev–Trinajstić information content (AvgIpc) is 2.51. The van der Waals surface area contributed by atoms with Crippen LogP contribution in [-0.4, -0.2) is 10.1 Å². The summed E-state index contributed by atoms with van der Waals surface area (Å²) in [6, 6.07) is 11.7. The van der Waals surface area contributed by atoms with Crippen molar-refractivity contribution in [1.82, 2.24) is 4.98 Å². The maximum Gasteiger partial charge on any atom is 0.251 e. The van der Waals surface area contributed by atoms with Crippen LogP contribution in [-0.2, 0) is 19.3 Å². The molecular formula is C20H27NO2. The molecule has 0 aliphatic carbocycles. The number of hydrogen-bond acceptors (Lipinski definition) is 2. The lowest BCUT2D eigenvalue weighted by molar-refractivity contribution is 0.472. The largest absolute Gasteiger partial charge is 0.508 e. The first-order valence-corrected chi connectivity index (χ1v) is 8.67. The second kappa shape index (κ2) is 9.19. The van der Waals surface area contributed by atoms with Crippen molar-refractivity contribution in [1.29, 1.82) is 0 Å². The second-order valence-corrected chi connectivity index (χ2v) is 6.21. The molecule has 0 aliphatic heterocycles. The molecule has 0 unspecified atom stereocenters. The standard InChI is InChI=1S/C20H27NO2/c1-2-3-4-5-8-16-9-6-10-17(13-16)11-7-12-18-14-19(22)15-20(23)21-18/h6,9-10,13-15H,2-5,7-8,11-12H2,1H3,(H2,21,22,23). The Bertz CT molecular complexity index is 661. The maximum absolute atomic E-state index is 11.3. The fourth-order valence-electron chi connectivity index (χ4n) is 2.90. The van der Waals surface area contributed by atoms with E-state index >= 15 is 0 Å². The molecule has 0 spiro atoms. The van der Waals surface area contributed by atoms with E-state index in [9.17, 15) is 9.90 Å². The van der Waals surface area contributed by atoms with Gasteiger partial charge in [0.1, 0.15) is 5.75 Å². The van der Waals surface area contributed by atoms with Gasteiger partial charge >= 0.3 is 0 Å². The Morgan fingerprint density at radius 3 is 2.35 bits per heavy atom. The molecule has 1 aromatic carbocycles. The number of aryl methyl sites for hydroxylation is 3. The summed E-state index contributed by atoms with van der Waals surface area (Å²) in [6.07, 6.45) is 9.05. The van der Waals surface area contributed by atoms with E-state index in [1.54, 1.807) is 6.07 Å². The Balaban J connectivity index is 1.82. The summed E-state index contributed by atoms with van der Waals surface area (Å²) in [4.78, 5) is 14.1. The molecule has 2 N–H and O–H groups in total. The van der Waals surface area contributed by atoms with Gasteiger partial charge in [0.25, 0.3) is 5.56 Å². The van der Waals surface area contributed by atoms with Gasteiger partial charge in [0.05, 0.1) is 0 Å². The Kier molecular flexibility index (Phi) is 6.92. The first-order valence-electron chi connectivity index (χ1n) is 8.67. The molecule has 1 heterocycles. The van der Waals surface area contributed by atoms with Crippen LogP contribution in [0.3, 0.4) is 0 Å². The van der Waals surface area contributed by atoms with Crippen molar-refractivity contribution in [3.05, 3.63) is 63.6 Å². The topological polar surface area (TPSA) is 53.1 Å². The van der Waals surface area contributed by atoms with E-state index in [1.807, 2.05) is 0 Å². The van der Waals surface area contributed by atoms with Crippen molar-refractivity contribution in [3.8, 4) is 5.75 Å². The number of benzene rings is 1. The van der Waals surface area contributed by atoms with Crippen molar-refractivity contribution in [2.45, 2.75) is 58.3 Å². The summed E-state index contributed by atoms with van der Waals surface area (Å²) >= 11 is 0. The van der Waals surface area contributed by atoms with Gasteiger partial charge in [-0.25, -0.2) is 0 Å². The summed E-state index contributed by atoms with van der Waals surface area (Å²) in [5.74, 6) is 0.0397. The van der Waals surface area contributed by atoms with Crippen molar-refractivity contribution < 1.29 is 5.11 Å². The highest BCUT2D eigenvalue weighted by Crippen LogP contribution is 2.13. The number of aromatic amines is 1. The molecular weight excluding hydrogens is 286 g/mol. The zero-order chi connectivity index (χ0) is 16.5. The van der Waals surface area contributed by atoms with E-state index in [4.69, 9.17) is 0 Å². The van der Waals surface area contributed by atoms with Gasteiger partial charge in [-0.05, 0) is 49.3 Å². The number of H-pyrrole nitrogens is 1. The maximum atomic E-state index is 11.3. The third-order valence-electron chi connectivity index (χ3n) is 4.11. The summed E-state index contributed by atoms with van der Waals surface area (Å²) in [6.45, 7) is 2.24. The molecule has 2 rings (SSSR count). The number of aromatic hydroxyl groups is 1. The minimum atomic E-state index is -0.242. The van der Waals surface area contributed by atoms with Crippen LogP contribution in [0, 0.1) is 0 Å². The fraction of sp³-hybridized carbons (Fsp3) is 0.450. The molecule has 2 aromatic rings. The van der Waals surface area contributed by atoms with Gasteiger partial charge in [-0.2, -0.15) is 0 Å². The Morgan fingerprint density at radius 2 is 1.65 bits per heavy atom. The average molecular weight is 313 g/mol. The SMILES string of the molecule is CCCCCCc1cccc(CCCc2cc(O)cc(=O)[nH]2)c1. The van der Waals surface area contributed by atoms with Gasteiger partial charge in [0.15, 0.2) is 0 Å². The Hall–Kier alpha value is -2.03. The molecule has 0 bridgehead atoms. The Morgan fingerprint density at radius 1 is 0.913 bits per heavy atom. The molecule has 0 radical (unpaired) electrons. The van der Waals surface area contributed by atoms with Crippen LogP contribution >= 0.6 is 0 Å². The van der Waals surface area contributed by atoms with Crippen LogP contribution in [0.15, 0.2) is 41.2 Å². The molecule has 0 aliphatic rings. The second-order valence-electron chi connectivity index (χ2n) is 6.21. The normalized spacial score (nSPS) is 10.8. The fourth-order valence-corrected chi connectivity index (χ4v) is 2.90. The van der Waals surface area contributed by atoms with Crippen molar-refractivity contribution in [2.24, 2.45) is 0 Å². The number of nitrogens with one attached hydrogen (secondary N) is 1. The Labute approximate surface area is 138 Å². The van der Waals surface area contributed by atoms with Crippen molar-refractivity contribution >= 4 is 0 Å². The van der Waals surface area contributed by atoms with Crippen LogP contribution in [0.1, 0.15) is 55.8 Å². The van der Waals surface area contributed by atoms with Crippen molar-refractivity contribution in [3.63, 3.8) is 0 Å². The van der Waals surface area contributed by atoms with E-state index in [0.717, 1.165) is 31.4 Å². The number of unbranched alkanes of at least 4 members (excludes halogenated alkanes) is 3. The zero-order valence-electron chi connectivity index (χ0n) is 14.0. The first-order chi connectivity index (χ1) is 11.2. The highest BCUT2D eigenvalue weighted by Gasteiger charge is 2.01. The summed E-state index contributed by atoms with van der Waals surface area (Å²) in [5.41, 5.74) is 3.32. The summed E-state index contributed by atoms with van der Waals surface area (Å²) in [7, 11) is 0. The number of aromatic nitrogens is 1. The van der Waals surface area contributed by atoms with Gasteiger partial charge in [-0.3, -0.25) is 4.79 Å². The predicted octanol–water partition coefficient (Wildman–Crippen LogP) is 4.38. The molecule has 3 heteroatoms. The summed E-state index contributed by atoms with van der Waals surface area (Å²) < 4.78 is 0. The lowest BCUT2D eigenvalue weighted by Crippen LogP contribution is -2.07. The van der Waals surface area contributed by atoms with Crippen LogP contribution < -0.4 is 5.56 Å². The minimum absolute atomic E-state index is 0.0397. The molecule has 0 saturated carbocycles. The monoisotopic (exact) mass is 313 g/mol. The van der Waals surface area contributed by atoms with Gasteiger partial charge < -0.3 is 10.1 Å². The zero-order valence-corrected chi connectivity index (χ0v) is 14.0. The highest BCUT2D eigenvalue weighted by molar-refractivity contribution is 5.24. The smallest absolute Gasteiger partial charge is 0.251 e. The number of pyridine rings is 1. The predicted molar refractivity (Wildman–Crippen MR) is 95.0 cm³/mol. The molecule has 1 aromatic heterocycles. The van der Waals surface area contributed by atoms with Crippen molar-refractivity contribution in [2.75, 3.05) is 0 Å². The molecule has 0 fully saturated rings. The lowest BCUT2D eigenvalue weighted by atomic mass is 10.0. The van der Waals surface area contributed by atoms with Crippen LogP contribution in [0.4, 0.5) is 0 Å². The first kappa shape index (κ1) is 17.3. The van der Waals surface area contributed by atoms with E-state index in [1.165, 1.54) is 42.9 Å². The molecule has 23 heavy (non-hydrogen) atoms. The third kappa shape index (κ3) is 6.31. The van der Waals surface area contributed by atoms with Crippen LogP contribution in [0.5, 0.6) is 5.75 Å². The van der Waals surface area contributed by atoms with E-state index in [-0.39, 0.29) is 11.3 Å². The van der Waals surface area contributed by atoms with Gasteiger partial charge in [0, 0.05) is 11.8 Å². The quantitative estimate of drug-likeness (QED) is 0.675. The lowest BCUT2D eigenvalue weighted by Gasteiger charge is -2.06. The molecule has 124 valence electrons. The van der Waals surface area contributed by atoms with Gasteiger partial charge in [-0.1, -0.05) is 50.5 Å². The molecule has 0 saturated heterocycles. The molecule has 0 amide bonds. The van der Waals surface area contributed by atoms with E-state index < -0.39 is 0 Å². The number of hydrogen-bond donors (Lipinski definition) is 2. The van der Waals surface area contributed by atoms with Crippen LogP contribution in [0.25, 0.3) is 0 Å². The number of rotatable bonds is 9. The minimum Gasteiger partial charge on any atom is -0.508 e. The van der Waals surface area contributed by atoms with E-state index in [2.05, 4.69) is 36.2 Å². The van der Waals surface area contributed by atoms with E-state index in [0.29, 0.717) is 0 Å². The van der Waals surface area contributed by atoms with Crippen LogP contribution in [0.2, 0.25) is 0 Å². The summed E-state index contributed by atoms with van der Waals surface area (Å²) in [5, 5.41) is 9.45. The molecule has 0 atom stereocenters.